The molecule has 0 saturated carbocycles. The van der Waals surface area contributed by atoms with Crippen LogP contribution >= 0.6 is 0 Å². The summed E-state index contributed by atoms with van der Waals surface area (Å²) in [6, 6.07) is 0. The molecule has 0 radical (unpaired) electrons. The van der Waals surface area contributed by atoms with Gasteiger partial charge in [-0.05, 0) is 12.8 Å². The number of carbonyl (C=O) groups excluding carboxylic acids is 1. The van der Waals surface area contributed by atoms with E-state index in [0.29, 0.717) is 45.7 Å². The van der Waals surface area contributed by atoms with Gasteiger partial charge < -0.3 is 15.4 Å². The first-order valence-corrected chi connectivity index (χ1v) is 8.09. The summed E-state index contributed by atoms with van der Waals surface area (Å²) in [7, 11) is -2.96. The molecule has 0 bridgehead atoms. The summed E-state index contributed by atoms with van der Waals surface area (Å²) in [5, 5.41) is 0. The van der Waals surface area contributed by atoms with E-state index in [9.17, 15) is 13.2 Å². The zero-order valence-electron chi connectivity index (χ0n) is 10.4. The maximum atomic E-state index is 12.5. The SMILES string of the molecule is NCC1(C(=O)N2CCS(=O)(=O)CC2)CCOCC1. The van der Waals surface area contributed by atoms with Crippen LogP contribution in [0.4, 0.5) is 0 Å². The molecule has 104 valence electrons. The van der Waals surface area contributed by atoms with Gasteiger partial charge in [0.15, 0.2) is 9.84 Å². The lowest BCUT2D eigenvalue weighted by atomic mass is 9.79. The summed E-state index contributed by atoms with van der Waals surface area (Å²) in [4.78, 5) is 14.2. The van der Waals surface area contributed by atoms with Crippen LogP contribution < -0.4 is 5.73 Å². The molecule has 2 aliphatic heterocycles. The molecule has 1 amide bonds. The van der Waals surface area contributed by atoms with Crippen molar-refractivity contribution in [3.8, 4) is 0 Å². The third kappa shape index (κ3) is 2.67. The number of ether oxygens (including phenoxy) is 1. The molecule has 2 heterocycles. The lowest BCUT2D eigenvalue weighted by Crippen LogP contribution is -2.54. The van der Waals surface area contributed by atoms with Crippen molar-refractivity contribution in [3.63, 3.8) is 0 Å². The predicted molar refractivity (Wildman–Crippen MR) is 66.8 cm³/mol. The molecular formula is C11H20N2O4S. The topological polar surface area (TPSA) is 89.7 Å². The fourth-order valence-corrected chi connectivity index (χ4v) is 3.72. The normalized spacial score (nSPS) is 26.8. The van der Waals surface area contributed by atoms with Gasteiger partial charge in [0.2, 0.25) is 5.91 Å². The molecule has 2 aliphatic rings. The lowest BCUT2D eigenvalue weighted by Gasteiger charge is -2.40. The van der Waals surface area contributed by atoms with Gasteiger partial charge in [0.25, 0.3) is 0 Å². The van der Waals surface area contributed by atoms with Crippen molar-refractivity contribution >= 4 is 15.7 Å². The zero-order chi connectivity index (χ0) is 13.2. The van der Waals surface area contributed by atoms with Crippen molar-refractivity contribution in [1.29, 1.82) is 0 Å². The Hall–Kier alpha value is -0.660. The van der Waals surface area contributed by atoms with Crippen molar-refractivity contribution in [2.75, 3.05) is 44.4 Å². The molecule has 2 fully saturated rings. The van der Waals surface area contributed by atoms with Crippen molar-refractivity contribution < 1.29 is 17.9 Å². The average Bonchev–Trinajstić information content (AvgIpc) is 2.39. The van der Waals surface area contributed by atoms with Gasteiger partial charge in [0, 0.05) is 32.8 Å². The van der Waals surface area contributed by atoms with Crippen molar-refractivity contribution in [1.82, 2.24) is 4.90 Å². The molecule has 0 aromatic rings. The first-order valence-electron chi connectivity index (χ1n) is 6.27. The molecule has 18 heavy (non-hydrogen) atoms. The van der Waals surface area contributed by atoms with Crippen molar-refractivity contribution in [2.24, 2.45) is 11.1 Å². The summed E-state index contributed by atoms with van der Waals surface area (Å²) < 4.78 is 28.0. The Kier molecular flexibility index (Phi) is 3.93. The van der Waals surface area contributed by atoms with Gasteiger partial charge in [-0.15, -0.1) is 0 Å². The summed E-state index contributed by atoms with van der Waals surface area (Å²) in [6.45, 7) is 2.00. The van der Waals surface area contributed by atoms with Crippen LogP contribution in [-0.2, 0) is 19.4 Å². The van der Waals surface area contributed by atoms with Crippen LogP contribution in [-0.4, -0.2) is 63.6 Å². The molecule has 0 aromatic carbocycles. The standard InChI is InChI=1S/C11H20N2O4S/c12-9-11(1-5-17-6-2-11)10(14)13-3-7-18(15,16)8-4-13/h1-9,12H2. The summed E-state index contributed by atoms with van der Waals surface area (Å²) in [5.74, 6) is 0.134. The van der Waals surface area contributed by atoms with Crippen LogP contribution in [0, 0.1) is 5.41 Å². The second-order valence-electron chi connectivity index (χ2n) is 5.04. The number of nitrogens with two attached hydrogens (primary N) is 1. The van der Waals surface area contributed by atoms with E-state index in [2.05, 4.69) is 0 Å². The van der Waals surface area contributed by atoms with E-state index in [1.165, 1.54) is 0 Å². The minimum absolute atomic E-state index is 0.00296. The fraction of sp³-hybridized carbons (Fsp3) is 0.909. The molecule has 6 nitrogen and oxygen atoms in total. The fourth-order valence-electron chi connectivity index (χ4n) is 2.52. The van der Waals surface area contributed by atoms with E-state index >= 15 is 0 Å². The van der Waals surface area contributed by atoms with Crippen LogP contribution in [0.25, 0.3) is 0 Å². The second kappa shape index (κ2) is 5.14. The average molecular weight is 276 g/mol. The summed E-state index contributed by atoms with van der Waals surface area (Å²) >= 11 is 0. The minimum atomic E-state index is -2.96. The minimum Gasteiger partial charge on any atom is -0.381 e. The molecule has 0 aromatic heterocycles. The largest absolute Gasteiger partial charge is 0.381 e. The van der Waals surface area contributed by atoms with Gasteiger partial charge in [0.05, 0.1) is 16.9 Å². The highest BCUT2D eigenvalue weighted by atomic mass is 32.2. The van der Waals surface area contributed by atoms with Gasteiger partial charge in [-0.25, -0.2) is 8.42 Å². The quantitative estimate of drug-likeness (QED) is 0.698. The van der Waals surface area contributed by atoms with Gasteiger partial charge >= 0.3 is 0 Å². The smallest absolute Gasteiger partial charge is 0.230 e. The molecule has 0 aliphatic carbocycles. The number of hydrogen-bond acceptors (Lipinski definition) is 5. The third-order valence-electron chi connectivity index (χ3n) is 3.93. The molecule has 7 heteroatoms. The third-order valence-corrected chi connectivity index (χ3v) is 5.54. The maximum absolute atomic E-state index is 12.5. The molecule has 2 saturated heterocycles. The Morgan fingerprint density at radius 2 is 1.78 bits per heavy atom. The first-order chi connectivity index (χ1) is 8.49. The van der Waals surface area contributed by atoms with E-state index < -0.39 is 15.3 Å². The first kappa shape index (κ1) is 13.8. The molecule has 0 atom stereocenters. The highest BCUT2D eigenvalue weighted by molar-refractivity contribution is 7.91. The van der Waals surface area contributed by atoms with E-state index in [4.69, 9.17) is 10.5 Å². The Morgan fingerprint density at radius 1 is 1.22 bits per heavy atom. The highest BCUT2D eigenvalue weighted by Crippen LogP contribution is 2.32. The number of hydrogen-bond donors (Lipinski definition) is 1. The van der Waals surface area contributed by atoms with Gasteiger partial charge in [-0.2, -0.15) is 0 Å². The van der Waals surface area contributed by atoms with Crippen molar-refractivity contribution in [2.45, 2.75) is 12.8 Å². The number of carbonyl (C=O) groups is 1. The Labute approximate surface area is 107 Å². The number of rotatable bonds is 2. The van der Waals surface area contributed by atoms with Crippen LogP contribution in [0.15, 0.2) is 0 Å². The van der Waals surface area contributed by atoms with E-state index in [0.717, 1.165) is 0 Å². The maximum Gasteiger partial charge on any atom is 0.230 e. The van der Waals surface area contributed by atoms with Gasteiger partial charge in [0.1, 0.15) is 0 Å². The Balaban J connectivity index is 2.06. The highest BCUT2D eigenvalue weighted by Gasteiger charge is 2.42. The van der Waals surface area contributed by atoms with Gasteiger partial charge in [-0.3, -0.25) is 4.79 Å². The second-order valence-corrected chi connectivity index (χ2v) is 7.34. The Bertz CT molecular complexity index is 401. The summed E-state index contributed by atoms with van der Waals surface area (Å²) in [5.41, 5.74) is 5.24. The molecule has 0 unspecified atom stereocenters. The zero-order valence-corrected chi connectivity index (χ0v) is 11.2. The number of sulfone groups is 1. The van der Waals surface area contributed by atoms with Crippen LogP contribution in [0.1, 0.15) is 12.8 Å². The molecule has 2 rings (SSSR count). The van der Waals surface area contributed by atoms with Crippen LogP contribution in [0.2, 0.25) is 0 Å². The summed E-state index contributed by atoms with van der Waals surface area (Å²) in [6.07, 6.45) is 1.26. The van der Waals surface area contributed by atoms with Gasteiger partial charge in [-0.1, -0.05) is 0 Å². The van der Waals surface area contributed by atoms with E-state index in [-0.39, 0.29) is 17.4 Å². The monoisotopic (exact) mass is 276 g/mol. The van der Waals surface area contributed by atoms with E-state index in [1.807, 2.05) is 0 Å². The lowest BCUT2D eigenvalue weighted by molar-refractivity contribution is -0.146. The molecule has 0 spiro atoms. The van der Waals surface area contributed by atoms with E-state index in [1.54, 1.807) is 4.90 Å². The predicted octanol–water partition coefficient (Wildman–Crippen LogP) is -1.00. The molecule has 2 N–H and O–H groups in total. The van der Waals surface area contributed by atoms with Crippen LogP contribution in [0.5, 0.6) is 0 Å². The number of amides is 1. The Morgan fingerprint density at radius 3 is 2.28 bits per heavy atom. The van der Waals surface area contributed by atoms with Crippen LogP contribution in [0.3, 0.4) is 0 Å². The van der Waals surface area contributed by atoms with Crippen molar-refractivity contribution in [3.05, 3.63) is 0 Å². The number of nitrogens with zero attached hydrogens (tertiary/aromatic N) is 1. The molecular weight excluding hydrogens is 256 g/mol.